The normalized spacial score (nSPS) is 27.9. The molecule has 2 saturated heterocycles. The maximum Gasteiger partial charge on any atom is 0.240 e. The molecule has 4 atom stereocenters. The van der Waals surface area contributed by atoms with Crippen molar-refractivity contribution >= 4 is 17.8 Å². The fraction of sp³-hybridized carbons (Fsp3) is 0.318. The lowest BCUT2D eigenvalue weighted by Gasteiger charge is -2.29. The van der Waals surface area contributed by atoms with Crippen LogP contribution in [-0.4, -0.2) is 40.4 Å². The van der Waals surface area contributed by atoms with Crippen LogP contribution in [0.5, 0.6) is 11.5 Å². The largest absolute Gasteiger partial charge is 0.544 e. The molecule has 0 unspecified atom stereocenters. The van der Waals surface area contributed by atoms with Crippen LogP contribution in [0.2, 0.25) is 0 Å². The van der Waals surface area contributed by atoms with Crippen molar-refractivity contribution in [2.24, 2.45) is 11.8 Å². The van der Waals surface area contributed by atoms with Gasteiger partial charge in [0.25, 0.3) is 0 Å². The molecule has 2 fully saturated rings. The van der Waals surface area contributed by atoms with E-state index in [4.69, 9.17) is 4.74 Å². The lowest BCUT2D eigenvalue weighted by molar-refractivity contribution is -0.735. The van der Waals surface area contributed by atoms with Gasteiger partial charge in [-0.15, -0.1) is 0 Å². The van der Waals surface area contributed by atoms with E-state index in [-0.39, 0.29) is 12.3 Å². The van der Waals surface area contributed by atoms with Gasteiger partial charge in [-0.25, -0.2) is 0 Å². The zero-order chi connectivity index (χ0) is 21.6. The molecule has 0 saturated carbocycles. The maximum absolute atomic E-state index is 13.3. The second-order valence-electron chi connectivity index (χ2n) is 7.94. The van der Waals surface area contributed by atoms with Gasteiger partial charge in [-0.3, -0.25) is 14.5 Å². The molecule has 2 heterocycles. The second kappa shape index (κ2) is 7.14. The van der Waals surface area contributed by atoms with Gasteiger partial charge in [0.2, 0.25) is 11.8 Å². The molecular formula is C22H22N2O6. The highest BCUT2D eigenvalue weighted by Gasteiger charge is 2.68. The number of ether oxygens (including phenoxy) is 1. The minimum Gasteiger partial charge on any atom is -0.544 e. The number of fused-ring (bicyclic) bond motifs is 1. The number of imide groups is 1. The van der Waals surface area contributed by atoms with Crippen LogP contribution in [0.4, 0.5) is 0 Å². The summed E-state index contributed by atoms with van der Waals surface area (Å²) < 4.78 is 5.21. The van der Waals surface area contributed by atoms with Gasteiger partial charge >= 0.3 is 0 Å². The van der Waals surface area contributed by atoms with E-state index >= 15 is 0 Å². The van der Waals surface area contributed by atoms with Crippen LogP contribution in [0.3, 0.4) is 0 Å². The molecule has 2 aliphatic heterocycles. The Hall–Kier alpha value is -3.39. The van der Waals surface area contributed by atoms with Crippen LogP contribution < -0.4 is 15.2 Å². The fourth-order valence-corrected chi connectivity index (χ4v) is 4.65. The highest BCUT2D eigenvalue weighted by molar-refractivity contribution is 6.08. The van der Waals surface area contributed by atoms with Crippen LogP contribution in [0.15, 0.2) is 48.5 Å². The Morgan fingerprint density at radius 1 is 1.20 bits per heavy atom. The van der Waals surface area contributed by atoms with Crippen molar-refractivity contribution in [1.82, 2.24) is 4.90 Å². The predicted molar refractivity (Wildman–Crippen MR) is 102 cm³/mol. The topological polar surface area (TPSA) is 124 Å². The smallest absolute Gasteiger partial charge is 0.240 e. The van der Waals surface area contributed by atoms with Crippen molar-refractivity contribution in [3.63, 3.8) is 0 Å². The number of likely N-dealkylation sites (tertiary alicyclic amines) is 1. The maximum atomic E-state index is 13.3. The number of nitrogens with zero attached hydrogens (tertiary/aromatic N) is 1. The van der Waals surface area contributed by atoms with Crippen molar-refractivity contribution < 1.29 is 34.7 Å². The number of hydrogen-bond donors (Lipinski definition) is 2. The van der Waals surface area contributed by atoms with Gasteiger partial charge in [-0.2, -0.15) is 0 Å². The number of hydrogen-bond acceptors (Lipinski definition) is 6. The van der Waals surface area contributed by atoms with Gasteiger partial charge in [0.15, 0.2) is 0 Å². The fourth-order valence-electron chi connectivity index (χ4n) is 4.65. The molecule has 4 rings (SSSR count). The summed E-state index contributed by atoms with van der Waals surface area (Å²) in [5, 5.41) is 23.9. The van der Waals surface area contributed by atoms with E-state index in [1.54, 1.807) is 36.4 Å². The first-order chi connectivity index (χ1) is 14.3. The Morgan fingerprint density at radius 3 is 2.53 bits per heavy atom. The Bertz CT molecular complexity index is 1020. The zero-order valence-electron chi connectivity index (χ0n) is 16.6. The molecule has 3 N–H and O–H groups in total. The molecule has 2 aliphatic rings. The third-order valence-corrected chi connectivity index (χ3v) is 6.22. The highest BCUT2D eigenvalue weighted by atomic mass is 16.5. The molecule has 0 aromatic heterocycles. The van der Waals surface area contributed by atoms with Crippen molar-refractivity contribution in [2.75, 3.05) is 7.11 Å². The van der Waals surface area contributed by atoms with Crippen LogP contribution in [0, 0.1) is 11.8 Å². The van der Waals surface area contributed by atoms with E-state index in [9.17, 15) is 24.6 Å². The number of aromatic hydroxyl groups is 1. The number of benzene rings is 2. The summed E-state index contributed by atoms with van der Waals surface area (Å²) in [5.41, 5.74) is -0.542. The van der Waals surface area contributed by atoms with E-state index in [0.29, 0.717) is 11.3 Å². The van der Waals surface area contributed by atoms with Gasteiger partial charge < -0.3 is 25.1 Å². The molecule has 30 heavy (non-hydrogen) atoms. The quantitative estimate of drug-likeness (QED) is 0.630. The van der Waals surface area contributed by atoms with Gasteiger partial charge in [-0.1, -0.05) is 30.3 Å². The van der Waals surface area contributed by atoms with E-state index in [0.717, 1.165) is 10.5 Å². The van der Waals surface area contributed by atoms with E-state index in [1.807, 2.05) is 6.07 Å². The third-order valence-electron chi connectivity index (χ3n) is 6.22. The van der Waals surface area contributed by atoms with Crippen LogP contribution >= 0.6 is 0 Å². The second-order valence-corrected chi connectivity index (χ2v) is 7.94. The number of methoxy groups -OCH3 is 1. The first-order valence-electron chi connectivity index (χ1n) is 9.61. The van der Waals surface area contributed by atoms with Crippen molar-refractivity contribution in [2.45, 2.75) is 25.0 Å². The zero-order valence-corrected chi connectivity index (χ0v) is 16.6. The average Bonchev–Trinajstić information content (AvgIpc) is 3.18. The number of rotatable bonds is 5. The van der Waals surface area contributed by atoms with Crippen LogP contribution in [0.1, 0.15) is 24.1 Å². The van der Waals surface area contributed by atoms with E-state index < -0.39 is 41.2 Å². The Balaban J connectivity index is 1.78. The number of phenols is 1. The lowest BCUT2D eigenvalue weighted by atomic mass is 9.80. The number of aliphatic carboxylic acids is 1. The summed E-state index contributed by atoms with van der Waals surface area (Å²) in [6, 6.07) is 12.8. The van der Waals surface area contributed by atoms with Crippen molar-refractivity contribution in [3.05, 3.63) is 59.7 Å². The van der Waals surface area contributed by atoms with Crippen molar-refractivity contribution in [3.8, 4) is 11.5 Å². The monoisotopic (exact) mass is 410 g/mol. The first kappa shape index (κ1) is 19.9. The predicted octanol–water partition coefficient (Wildman–Crippen LogP) is -0.671. The molecule has 0 radical (unpaired) electrons. The molecule has 8 heteroatoms. The third kappa shape index (κ3) is 2.91. The molecule has 2 amide bonds. The standard InChI is InChI=1S/C22H22N2O6/c1-22(21(28)29)17-16(18(23-22)14-10-13(30-2)8-9-15(14)25)19(26)24(20(17)27)11-12-6-4-3-5-7-12/h3-10,16-18,23,25H,11H2,1-2H3,(H,28,29)/t16-,17+,18-,22-/m0/s1. The van der Waals surface area contributed by atoms with Crippen LogP contribution in [0.25, 0.3) is 0 Å². The van der Waals surface area contributed by atoms with E-state index in [1.165, 1.54) is 25.4 Å². The molecule has 8 nitrogen and oxygen atoms in total. The number of carboxylic acid groups (broad SMARTS) is 1. The van der Waals surface area contributed by atoms with E-state index in [2.05, 4.69) is 0 Å². The number of amides is 2. The summed E-state index contributed by atoms with van der Waals surface area (Å²) in [6.07, 6.45) is 0. The first-order valence-corrected chi connectivity index (χ1v) is 9.61. The van der Waals surface area contributed by atoms with Crippen molar-refractivity contribution in [1.29, 1.82) is 0 Å². The average molecular weight is 410 g/mol. The van der Waals surface area contributed by atoms with Gasteiger partial charge in [0.05, 0.1) is 19.2 Å². The Morgan fingerprint density at radius 2 is 1.90 bits per heavy atom. The summed E-state index contributed by atoms with van der Waals surface area (Å²) in [6.45, 7) is 1.46. The summed E-state index contributed by atoms with van der Waals surface area (Å²) in [4.78, 5) is 39.7. The molecular weight excluding hydrogens is 388 g/mol. The van der Waals surface area contributed by atoms with Crippen LogP contribution in [-0.2, 0) is 20.9 Å². The van der Waals surface area contributed by atoms with Gasteiger partial charge in [0.1, 0.15) is 40.9 Å². The molecule has 156 valence electrons. The van der Waals surface area contributed by atoms with Gasteiger partial charge in [-0.05, 0) is 30.7 Å². The summed E-state index contributed by atoms with van der Waals surface area (Å²) in [5.74, 6) is -4.11. The number of carboxylic acids is 1. The number of carbonyl (C=O) groups is 3. The number of quaternary nitrogens is 1. The Labute approximate surface area is 173 Å². The summed E-state index contributed by atoms with van der Waals surface area (Å²) >= 11 is 0. The molecule has 0 spiro atoms. The number of nitrogens with two attached hydrogens (primary N) is 1. The molecule has 2 aromatic rings. The Kier molecular flexibility index (Phi) is 4.74. The minimum absolute atomic E-state index is 0.0610. The lowest BCUT2D eigenvalue weighted by Crippen LogP contribution is -2.98. The van der Waals surface area contributed by atoms with Gasteiger partial charge in [0, 0.05) is 0 Å². The SMILES string of the molecule is COc1ccc(O)c([C@@H]2[NH2+][C@](C)(C(=O)[O-])[C@H]3C(=O)N(Cc4ccccc4)C(=O)[C@H]23)c1. The summed E-state index contributed by atoms with van der Waals surface area (Å²) in [7, 11) is 1.47. The minimum atomic E-state index is -1.65. The number of carbonyl (C=O) groups excluding carboxylic acids is 3. The highest BCUT2D eigenvalue weighted by Crippen LogP contribution is 2.46. The molecule has 0 aliphatic carbocycles. The molecule has 0 bridgehead atoms. The molecule has 2 aromatic carbocycles. The number of phenolic OH excluding ortho intramolecular Hbond substituents is 1.